The molecule has 0 aliphatic heterocycles. The highest BCUT2D eigenvalue weighted by atomic mass is 79.9. The zero-order valence-electron chi connectivity index (χ0n) is 11.5. The molecule has 0 saturated carbocycles. The number of ether oxygens (including phenoxy) is 1. The van der Waals surface area contributed by atoms with Crippen LogP contribution in [0, 0.1) is 20.8 Å². The summed E-state index contributed by atoms with van der Waals surface area (Å²) in [5, 5.41) is 3.32. The number of aromatic nitrogens is 1. The fourth-order valence-electron chi connectivity index (χ4n) is 2.11. The quantitative estimate of drug-likeness (QED) is 0.902. The number of pyridine rings is 1. The minimum Gasteiger partial charge on any atom is -0.496 e. The number of nitrogens with zero attached hydrogens (tertiary/aromatic N) is 1. The van der Waals surface area contributed by atoms with E-state index in [1.54, 1.807) is 7.11 Å². The maximum absolute atomic E-state index is 5.37. The standard InChI is InChI=1S/C15H17BrN2O/c1-9-7-12(8-10(2)15(9)19-4)18-14-6-5-13(16)11(3)17-14/h5-8H,1-4H3,(H,17,18). The molecular formula is C15H17BrN2O. The third kappa shape index (κ3) is 3.07. The monoisotopic (exact) mass is 320 g/mol. The van der Waals surface area contributed by atoms with Gasteiger partial charge in [-0.05, 0) is 72.1 Å². The molecule has 0 saturated heterocycles. The van der Waals surface area contributed by atoms with Crippen molar-refractivity contribution in [2.24, 2.45) is 0 Å². The first-order valence-electron chi connectivity index (χ1n) is 6.06. The van der Waals surface area contributed by atoms with Gasteiger partial charge in [-0.3, -0.25) is 0 Å². The SMILES string of the molecule is COc1c(C)cc(Nc2ccc(Br)c(C)n2)cc1C. The second-order valence-corrected chi connectivity index (χ2v) is 5.39. The molecular weight excluding hydrogens is 304 g/mol. The predicted molar refractivity (Wildman–Crippen MR) is 82.4 cm³/mol. The highest BCUT2D eigenvalue weighted by Crippen LogP contribution is 2.28. The summed E-state index contributed by atoms with van der Waals surface area (Å²) >= 11 is 3.45. The average Bonchev–Trinajstić information content (AvgIpc) is 2.33. The first kappa shape index (κ1) is 13.9. The van der Waals surface area contributed by atoms with Crippen molar-refractivity contribution >= 4 is 27.4 Å². The first-order valence-corrected chi connectivity index (χ1v) is 6.86. The highest BCUT2D eigenvalue weighted by Gasteiger charge is 2.06. The summed E-state index contributed by atoms with van der Waals surface area (Å²) in [6, 6.07) is 8.07. The molecule has 100 valence electrons. The molecule has 0 fully saturated rings. The number of nitrogens with one attached hydrogen (secondary N) is 1. The lowest BCUT2D eigenvalue weighted by molar-refractivity contribution is 0.408. The van der Waals surface area contributed by atoms with E-state index in [9.17, 15) is 0 Å². The molecule has 0 radical (unpaired) electrons. The molecule has 0 aliphatic rings. The Kier molecular flexibility index (Phi) is 4.10. The molecule has 0 unspecified atom stereocenters. The smallest absolute Gasteiger partial charge is 0.130 e. The van der Waals surface area contributed by atoms with Gasteiger partial charge in [-0.2, -0.15) is 0 Å². The molecule has 0 spiro atoms. The molecule has 19 heavy (non-hydrogen) atoms. The van der Waals surface area contributed by atoms with Crippen LogP contribution in [0.3, 0.4) is 0 Å². The topological polar surface area (TPSA) is 34.1 Å². The summed E-state index contributed by atoms with van der Waals surface area (Å²) in [6.07, 6.45) is 0. The van der Waals surface area contributed by atoms with Crippen LogP contribution in [-0.4, -0.2) is 12.1 Å². The van der Waals surface area contributed by atoms with Crippen LogP contribution < -0.4 is 10.1 Å². The molecule has 0 amide bonds. The van der Waals surface area contributed by atoms with Gasteiger partial charge in [0.25, 0.3) is 0 Å². The predicted octanol–water partition coefficient (Wildman–Crippen LogP) is 4.52. The van der Waals surface area contributed by atoms with Crippen LogP contribution in [0.1, 0.15) is 16.8 Å². The number of aryl methyl sites for hydroxylation is 3. The van der Waals surface area contributed by atoms with Crippen LogP contribution in [0.4, 0.5) is 11.5 Å². The lowest BCUT2D eigenvalue weighted by Gasteiger charge is -2.13. The van der Waals surface area contributed by atoms with E-state index in [1.807, 2.05) is 32.9 Å². The molecule has 4 heteroatoms. The maximum atomic E-state index is 5.37. The third-order valence-corrected chi connectivity index (χ3v) is 3.80. The fourth-order valence-corrected chi connectivity index (χ4v) is 2.33. The fraction of sp³-hybridized carbons (Fsp3) is 0.267. The van der Waals surface area contributed by atoms with Gasteiger partial charge in [-0.1, -0.05) is 0 Å². The summed E-state index contributed by atoms with van der Waals surface area (Å²) in [4.78, 5) is 4.48. The van der Waals surface area contributed by atoms with Crippen LogP contribution in [0.25, 0.3) is 0 Å². The van der Waals surface area contributed by atoms with Crippen LogP contribution in [0.5, 0.6) is 5.75 Å². The Morgan fingerprint density at radius 2 is 1.74 bits per heavy atom. The Hall–Kier alpha value is -1.55. The molecule has 2 rings (SSSR count). The number of anilines is 2. The Morgan fingerprint density at radius 3 is 2.26 bits per heavy atom. The van der Waals surface area contributed by atoms with Gasteiger partial charge in [0.05, 0.1) is 12.8 Å². The van der Waals surface area contributed by atoms with E-state index in [-0.39, 0.29) is 0 Å². The van der Waals surface area contributed by atoms with Gasteiger partial charge >= 0.3 is 0 Å². The second kappa shape index (κ2) is 5.61. The van der Waals surface area contributed by atoms with Gasteiger partial charge in [0, 0.05) is 10.2 Å². The number of halogens is 1. The summed E-state index contributed by atoms with van der Waals surface area (Å²) in [7, 11) is 1.70. The van der Waals surface area contributed by atoms with Gasteiger partial charge in [0.15, 0.2) is 0 Å². The van der Waals surface area contributed by atoms with Crippen molar-refractivity contribution in [2.75, 3.05) is 12.4 Å². The minimum atomic E-state index is 0.838. The van der Waals surface area contributed by atoms with Gasteiger partial charge in [-0.15, -0.1) is 0 Å². The highest BCUT2D eigenvalue weighted by molar-refractivity contribution is 9.10. The van der Waals surface area contributed by atoms with Crippen molar-refractivity contribution in [3.05, 3.63) is 45.6 Å². The van der Waals surface area contributed by atoms with E-state index < -0.39 is 0 Å². The van der Waals surface area contributed by atoms with E-state index in [2.05, 4.69) is 38.4 Å². The van der Waals surface area contributed by atoms with Crippen molar-refractivity contribution in [3.63, 3.8) is 0 Å². The van der Waals surface area contributed by atoms with Crippen LogP contribution in [0.2, 0.25) is 0 Å². The third-order valence-electron chi connectivity index (χ3n) is 2.96. The minimum absolute atomic E-state index is 0.838. The van der Waals surface area contributed by atoms with Gasteiger partial charge in [-0.25, -0.2) is 4.98 Å². The van der Waals surface area contributed by atoms with Gasteiger partial charge in [0.2, 0.25) is 0 Å². The molecule has 2 aromatic rings. The normalized spacial score (nSPS) is 10.4. The molecule has 1 aromatic heterocycles. The van der Waals surface area contributed by atoms with Crippen molar-refractivity contribution in [3.8, 4) is 5.75 Å². The van der Waals surface area contributed by atoms with Crippen molar-refractivity contribution in [2.45, 2.75) is 20.8 Å². The molecule has 1 N–H and O–H groups in total. The number of rotatable bonds is 3. The van der Waals surface area contributed by atoms with Crippen molar-refractivity contribution in [1.82, 2.24) is 4.98 Å². The first-order chi connectivity index (χ1) is 9.01. The van der Waals surface area contributed by atoms with Crippen LogP contribution >= 0.6 is 15.9 Å². The largest absolute Gasteiger partial charge is 0.496 e. The van der Waals surface area contributed by atoms with Gasteiger partial charge in [0.1, 0.15) is 11.6 Å². The molecule has 1 aromatic carbocycles. The molecule has 0 bridgehead atoms. The van der Waals surface area contributed by atoms with E-state index in [1.165, 1.54) is 0 Å². The number of methoxy groups -OCH3 is 1. The van der Waals surface area contributed by atoms with E-state index >= 15 is 0 Å². The number of hydrogen-bond acceptors (Lipinski definition) is 3. The lowest BCUT2D eigenvalue weighted by atomic mass is 10.1. The number of hydrogen-bond donors (Lipinski definition) is 1. The number of benzene rings is 1. The van der Waals surface area contributed by atoms with Crippen molar-refractivity contribution < 1.29 is 4.74 Å². The summed E-state index contributed by atoms with van der Waals surface area (Å²) < 4.78 is 6.38. The van der Waals surface area contributed by atoms with E-state index in [0.29, 0.717) is 0 Å². The Bertz CT molecular complexity index is 588. The van der Waals surface area contributed by atoms with Crippen LogP contribution in [-0.2, 0) is 0 Å². The zero-order chi connectivity index (χ0) is 14.0. The molecule has 1 heterocycles. The average molecular weight is 321 g/mol. The Labute approximate surface area is 122 Å². The molecule has 3 nitrogen and oxygen atoms in total. The second-order valence-electron chi connectivity index (χ2n) is 4.53. The van der Waals surface area contributed by atoms with E-state index in [0.717, 1.165) is 38.5 Å². The molecule has 0 aliphatic carbocycles. The summed E-state index contributed by atoms with van der Waals surface area (Å²) in [5.74, 6) is 1.77. The lowest BCUT2D eigenvalue weighted by Crippen LogP contribution is -1.98. The maximum Gasteiger partial charge on any atom is 0.130 e. The van der Waals surface area contributed by atoms with E-state index in [4.69, 9.17) is 4.74 Å². The van der Waals surface area contributed by atoms with Crippen molar-refractivity contribution in [1.29, 1.82) is 0 Å². The van der Waals surface area contributed by atoms with Gasteiger partial charge < -0.3 is 10.1 Å². The Morgan fingerprint density at radius 1 is 1.11 bits per heavy atom. The Balaban J connectivity index is 2.31. The van der Waals surface area contributed by atoms with Crippen LogP contribution in [0.15, 0.2) is 28.7 Å². The molecule has 0 atom stereocenters. The summed E-state index contributed by atoms with van der Waals surface area (Å²) in [6.45, 7) is 6.05. The zero-order valence-corrected chi connectivity index (χ0v) is 13.1. The summed E-state index contributed by atoms with van der Waals surface area (Å²) in [5.41, 5.74) is 4.20.